The molecule has 0 saturated heterocycles. The number of fused-ring (bicyclic) bond motifs is 2. The largest absolute Gasteiger partial charge is 0.335 e. The topological polar surface area (TPSA) is 13.0 Å². The maximum absolute atomic E-state index is 3.79. The SMILES string of the molecule is CC[C@H](c1ccccc1[C@@H](CC)N1[C]N(Cc2ccccc2)c2ccccc21)N1[C]N(Cc2ccccc2)c2ccccc21. The predicted octanol–water partition coefficient (Wildman–Crippen LogP) is 9.63. The van der Waals surface area contributed by atoms with E-state index in [0.29, 0.717) is 0 Å². The summed E-state index contributed by atoms with van der Waals surface area (Å²) in [6.07, 6.45) is 1.91. The van der Waals surface area contributed by atoms with Crippen molar-refractivity contribution in [1.82, 2.24) is 0 Å². The Hall–Kier alpha value is -4.70. The van der Waals surface area contributed by atoms with Crippen LogP contribution in [0, 0.1) is 13.3 Å². The average molecular weight is 575 g/mol. The molecule has 44 heavy (non-hydrogen) atoms. The minimum absolute atomic E-state index is 0.139. The fraction of sp³-hybridized carbons (Fsp3) is 0.200. The van der Waals surface area contributed by atoms with Gasteiger partial charge >= 0.3 is 0 Å². The van der Waals surface area contributed by atoms with Crippen molar-refractivity contribution < 1.29 is 0 Å². The quantitative estimate of drug-likeness (QED) is 0.165. The van der Waals surface area contributed by atoms with Crippen LogP contribution in [-0.2, 0) is 13.1 Å². The van der Waals surface area contributed by atoms with E-state index in [1.165, 1.54) is 45.0 Å². The van der Waals surface area contributed by atoms with Crippen LogP contribution in [0.5, 0.6) is 0 Å². The summed E-state index contributed by atoms with van der Waals surface area (Å²) in [4.78, 5) is 9.29. The summed E-state index contributed by atoms with van der Waals surface area (Å²) in [5.41, 5.74) is 10.0. The summed E-state index contributed by atoms with van der Waals surface area (Å²) in [6, 6.07) is 48.0. The molecular weight excluding hydrogens is 536 g/mol. The summed E-state index contributed by atoms with van der Waals surface area (Å²) < 4.78 is 0. The average Bonchev–Trinajstić information content (AvgIpc) is 3.62. The summed E-state index contributed by atoms with van der Waals surface area (Å²) in [7, 11) is 0. The molecule has 4 heteroatoms. The first-order valence-corrected chi connectivity index (χ1v) is 15.8. The zero-order chi connectivity index (χ0) is 29.9. The molecule has 0 aliphatic carbocycles. The van der Waals surface area contributed by atoms with Crippen molar-refractivity contribution in [2.24, 2.45) is 0 Å². The number of anilines is 4. The Balaban J connectivity index is 1.22. The van der Waals surface area contributed by atoms with Gasteiger partial charge in [0, 0.05) is 13.1 Å². The first-order valence-electron chi connectivity index (χ1n) is 15.8. The van der Waals surface area contributed by atoms with Crippen molar-refractivity contribution in [3.63, 3.8) is 0 Å². The van der Waals surface area contributed by atoms with Gasteiger partial charge in [-0.2, -0.15) is 0 Å². The highest BCUT2D eigenvalue weighted by Gasteiger charge is 2.37. The molecule has 4 radical (unpaired) electrons. The lowest BCUT2D eigenvalue weighted by Gasteiger charge is -2.35. The molecule has 218 valence electrons. The molecule has 0 amide bonds. The molecule has 0 unspecified atom stereocenters. The zero-order valence-electron chi connectivity index (χ0n) is 25.5. The molecule has 0 aromatic heterocycles. The molecule has 2 aliphatic heterocycles. The van der Waals surface area contributed by atoms with Gasteiger partial charge in [-0.1, -0.05) is 123 Å². The Bertz CT molecular complexity index is 1560. The van der Waals surface area contributed by atoms with Gasteiger partial charge in [-0.15, -0.1) is 0 Å². The molecule has 7 rings (SSSR count). The van der Waals surface area contributed by atoms with Crippen LogP contribution in [0.4, 0.5) is 22.7 Å². The maximum Gasteiger partial charge on any atom is 0.209 e. The van der Waals surface area contributed by atoms with Crippen molar-refractivity contribution in [2.75, 3.05) is 19.6 Å². The second-order valence-corrected chi connectivity index (χ2v) is 11.5. The van der Waals surface area contributed by atoms with E-state index in [1.807, 2.05) is 0 Å². The van der Waals surface area contributed by atoms with E-state index in [9.17, 15) is 0 Å². The molecule has 4 nitrogen and oxygen atoms in total. The number of para-hydroxylation sites is 4. The molecule has 2 aliphatic rings. The van der Waals surface area contributed by atoms with E-state index in [0.717, 1.165) is 25.9 Å². The molecule has 5 aromatic carbocycles. The lowest BCUT2D eigenvalue weighted by molar-refractivity contribution is 0.598. The van der Waals surface area contributed by atoms with E-state index < -0.39 is 0 Å². The van der Waals surface area contributed by atoms with Crippen molar-refractivity contribution in [1.29, 1.82) is 0 Å². The standard InChI is InChI=1S/C40H38N4/c1-3-35(43-29-41(27-31-17-7-5-8-18-31)37-23-13-15-25-39(37)43)33-21-11-12-22-34(33)36(4-2)44-30-42(28-32-19-9-6-10-20-32)38-24-14-16-26-40(38)44/h5-26,35-36H,3-4,27-28H2,1-2H3/t35-,36-/m1/s1. The zero-order valence-corrected chi connectivity index (χ0v) is 25.5. The fourth-order valence-corrected chi connectivity index (χ4v) is 6.72. The summed E-state index contributed by atoms with van der Waals surface area (Å²) in [6.45, 7) is 13.7. The fourth-order valence-electron chi connectivity index (χ4n) is 6.72. The Morgan fingerprint density at radius 1 is 0.432 bits per heavy atom. The molecule has 0 spiro atoms. The van der Waals surface area contributed by atoms with Crippen LogP contribution in [0.1, 0.15) is 61.0 Å². The minimum atomic E-state index is 0.139. The van der Waals surface area contributed by atoms with Crippen LogP contribution in [0.15, 0.2) is 133 Å². The first kappa shape index (κ1) is 28.1. The summed E-state index contributed by atoms with van der Waals surface area (Å²) in [5.74, 6) is 0. The van der Waals surface area contributed by atoms with Gasteiger partial charge in [0.1, 0.15) is 0 Å². The summed E-state index contributed by atoms with van der Waals surface area (Å²) >= 11 is 0. The van der Waals surface area contributed by atoms with E-state index in [1.54, 1.807) is 0 Å². The van der Waals surface area contributed by atoms with E-state index in [2.05, 4.69) is 180 Å². The van der Waals surface area contributed by atoms with Gasteiger partial charge in [0.2, 0.25) is 13.3 Å². The van der Waals surface area contributed by atoms with E-state index in [-0.39, 0.29) is 12.1 Å². The van der Waals surface area contributed by atoms with Gasteiger partial charge in [-0.3, -0.25) is 0 Å². The van der Waals surface area contributed by atoms with Crippen LogP contribution < -0.4 is 19.6 Å². The normalized spacial score (nSPS) is 15.3. The Labute approximate surface area is 262 Å². The van der Waals surface area contributed by atoms with Gasteiger partial charge in [0.25, 0.3) is 0 Å². The molecule has 2 atom stereocenters. The Morgan fingerprint density at radius 3 is 1.16 bits per heavy atom. The van der Waals surface area contributed by atoms with Gasteiger partial charge < -0.3 is 19.6 Å². The molecule has 0 bridgehead atoms. The highest BCUT2D eigenvalue weighted by Crippen LogP contribution is 2.48. The highest BCUT2D eigenvalue weighted by atomic mass is 15.4. The van der Waals surface area contributed by atoms with Crippen LogP contribution in [-0.4, -0.2) is 0 Å². The number of hydrogen-bond donors (Lipinski definition) is 0. The molecule has 0 saturated carbocycles. The number of rotatable bonds is 10. The first-order chi connectivity index (χ1) is 21.7. The van der Waals surface area contributed by atoms with Crippen LogP contribution in [0.25, 0.3) is 0 Å². The van der Waals surface area contributed by atoms with Gasteiger partial charge in [0.15, 0.2) is 0 Å². The molecule has 0 N–H and O–H groups in total. The molecule has 5 aromatic rings. The lowest BCUT2D eigenvalue weighted by Crippen LogP contribution is -2.32. The third-order valence-electron chi connectivity index (χ3n) is 8.80. The third-order valence-corrected chi connectivity index (χ3v) is 8.80. The van der Waals surface area contributed by atoms with Crippen molar-refractivity contribution in [3.05, 3.63) is 169 Å². The van der Waals surface area contributed by atoms with Crippen LogP contribution >= 0.6 is 0 Å². The Kier molecular flexibility index (Phi) is 7.98. The smallest absolute Gasteiger partial charge is 0.209 e. The number of nitrogens with zero attached hydrogens (tertiary/aromatic N) is 4. The minimum Gasteiger partial charge on any atom is -0.335 e. The number of hydrogen-bond acceptors (Lipinski definition) is 4. The third kappa shape index (κ3) is 5.30. The van der Waals surface area contributed by atoms with Crippen LogP contribution in [0.2, 0.25) is 0 Å². The second kappa shape index (κ2) is 12.5. The maximum atomic E-state index is 3.79. The van der Waals surface area contributed by atoms with Crippen molar-refractivity contribution in [3.8, 4) is 0 Å². The molecule has 0 fully saturated rings. The number of benzene rings is 5. The highest BCUT2D eigenvalue weighted by molar-refractivity contribution is 5.81. The van der Waals surface area contributed by atoms with Gasteiger partial charge in [0.05, 0.1) is 34.8 Å². The Morgan fingerprint density at radius 2 is 0.773 bits per heavy atom. The van der Waals surface area contributed by atoms with Gasteiger partial charge in [-0.05, 0) is 59.4 Å². The van der Waals surface area contributed by atoms with E-state index in [4.69, 9.17) is 0 Å². The van der Waals surface area contributed by atoms with Crippen molar-refractivity contribution in [2.45, 2.75) is 51.9 Å². The summed E-state index contributed by atoms with van der Waals surface area (Å²) in [5, 5.41) is 0. The molecule has 2 heterocycles. The lowest BCUT2D eigenvalue weighted by atomic mass is 9.90. The van der Waals surface area contributed by atoms with E-state index >= 15 is 0 Å². The van der Waals surface area contributed by atoms with Gasteiger partial charge in [-0.25, -0.2) is 0 Å². The second-order valence-electron chi connectivity index (χ2n) is 11.5. The molecular formula is C40H38N4. The predicted molar refractivity (Wildman–Crippen MR) is 182 cm³/mol. The van der Waals surface area contributed by atoms with Crippen molar-refractivity contribution >= 4 is 22.7 Å². The van der Waals surface area contributed by atoms with Crippen LogP contribution in [0.3, 0.4) is 0 Å². The monoisotopic (exact) mass is 574 g/mol.